The van der Waals surface area contributed by atoms with Gasteiger partial charge in [-0.15, -0.1) is 0 Å². The third-order valence-electron chi connectivity index (χ3n) is 4.87. The topological polar surface area (TPSA) is 79.5 Å². The molecule has 0 unspecified atom stereocenters. The van der Waals surface area contributed by atoms with Crippen LogP contribution in [-0.4, -0.2) is 26.8 Å². The number of nitrogens with one attached hydrogen (secondary N) is 1. The first-order valence-corrected chi connectivity index (χ1v) is 10.0. The first-order chi connectivity index (χ1) is 14.4. The van der Waals surface area contributed by atoms with Crippen LogP contribution < -0.4 is 5.43 Å². The fourth-order valence-corrected chi connectivity index (χ4v) is 3.70. The minimum absolute atomic E-state index is 0.0998. The number of phenols is 1. The number of fused-ring (bicyclic) bond motifs is 2. The smallest absolute Gasteiger partial charge is 0.241 e. The molecule has 0 bridgehead atoms. The lowest BCUT2D eigenvalue weighted by Crippen LogP contribution is -2.19. The van der Waals surface area contributed by atoms with Crippen molar-refractivity contribution < 1.29 is 9.90 Å². The van der Waals surface area contributed by atoms with E-state index >= 15 is 0 Å². The summed E-state index contributed by atoms with van der Waals surface area (Å²) < 4.78 is 1.91. The molecule has 4 rings (SSSR count). The van der Waals surface area contributed by atoms with Crippen LogP contribution in [0.15, 0.2) is 53.6 Å². The number of aromatic hydroxyl groups is 1. The van der Waals surface area contributed by atoms with Crippen molar-refractivity contribution in [2.24, 2.45) is 5.10 Å². The minimum Gasteiger partial charge on any atom is -0.507 e. The Morgan fingerprint density at radius 1 is 1.20 bits per heavy atom. The van der Waals surface area contributed by atoms with Gasteiger partial charge in [-0.05, 0) is 35.9 Å². The Morgan fingerprint density at radius 3 is 2.80 bits per heavy atom. The molecule has 1 aromatic heterocycles. The van der Waals surface area contributed by atoms with Crippen molar-refractivity contribution in [3.8, 4) is 5.75 Å². The van der Waals surface area contributed by atoms with E-state index in [1.54, 1.807) is 18.2 Å². The number of amides is 1. The number of nitrogens with zero attached hydrogens (tertiary/aromatic N) is 3. The van der Waals surface area contributed by atoms with Gasteiger partial charge >= 0.3 is 0 Å². The molecule has 3 aromatic carbocycles. The van der Waals surface area contributed by atoms with Crippen molar-refractivity contribution in [3.05, 3.63) is 70.0 Å². The van der Waals surface area contributed by atoms with Crippen molar-refractivity contribution in [2.45, 2.75) is 19.9 Å². The first-order valence-electron chi connectivity index (χ1n) is 9.28. The number of benzene rings is 3. The summed E-state index contributed by atoms with van der Waals surface area (Å²) in [6.45, 7) is 2.28. The fraction of sp³-hybridized carbons (Fsp3) is 0.136. The molecule has 30 heavy (non-hydrogen) atoms. The number of carbonyl (C=O) groups is 1. The summed E-state index contributed by atoms with van der Waals surface area (Å²) in [5.74, 6) is 0.607. The van der Waals surface area contributed by atoms with Gasteiger partial charge in [0.25, 0.3) is 0 Å². The van der Waals surface area contributed by atoms with E-state index in [1.165, 1.54) is 6.21 Å². The van der Waals surface area contributed by atoms with E-state index in [0.717, 1.165) is 27.6 Å². The number of aromatic nitrogens is 2. The lowest BCUT2D eigenvalue weighted by atomic mass is 10.0. The zero-order valence-corrected chi connectivity index (χ0v) is 17.6. The molecule has 0 spiro atoms. The van der Waals surface area contributed by atoms with Gasteiger partial charge in [0, 0.05) is 18.5 Å². The monoisotopic (exact) mass is 440 g/mol. The fourth-order valence-electron chi connectivity index (χ4n) is 3.38. The second-order valence-electron chi connectivity index (χ2n) is 6.83. The largest absolute Gasteiger partial charge is 0.507 e. The number of halogens is 2. The van der Waals surface area contributed by atoms with E-state index in [1.807, 2.05) is 41.8 Å². The van der Waals surface area contributed by atoms with Gasteiger partial charge < -0.3 is 9.67 Å². The standard InChI is InChI=1S/C22H18Cl2N4O2/c1-13-26-19-10-17(23)18(24)11-20(19)28(13)9-8-22(30)27-25-12-16-15-5-3-2-4-14(15)6-7-21(16)29/h2-7,10-12,29H,8-9H2,1H3,(H,27,30)/b25-12+. The van der Waals surface area contributed by atoms with Gasteiger partial charge in [-0.1, -0.05) is 53.5 Å². The van der Waals surface area contributed by atoms with Crippen LogP contribution in [0, 0.1) is 6.92 Å². The van der Waals surface area contributed by atoms with Crippen LogP contribution in [0.4, 0.5) is 0 Å². The zero-order valence-electron chi connectivity index (χ0n) is 16.1. The summed E-state index contributed by atoms with van der Waals surface area (Å²) in [6.07, 6.45) is 1.65. The number of aryl methyl sites for hydroxylation is 2. The molecule has 0 saturated heterocycles. The number of hydrogen-bond acceptors (Lipinski definition) is 4. The summed E-state index contributed by atoms with van der Waals surface area (Å²) >= 11 is 12.2. The summed E-state index contributed by atoms with van der Waals surface area (Å²) in [5, 5.41) is 16.9. The predicted molar refractivity (Wildman–Crippen MR) is 120 cm³/mol. The summed E-state index contributed by atoms with van der Waals surface area (Å²) in [5.41, 5.74) is 4.61. The Balaban J connectivity index is 1.45. The average Bonchev–Trinajstić information content (AvgIpc) is 3.02. The maximum atomic E-state index is 12.3. The molecule has 4 aromatic rings. The Kier molecular flexibility index (Phi) is 5.61. The van der Waals surface area contributed by atoms with Gasteiger partial charge in [0.15, 0.2) is 0 Å². The highest BCUT2D eigenvalue weighted by Crippen LogP contribution is 2.28. The Morgan fingerprint density at radius 2 is 1.97 bits per heavy atom. The third kappa shape index (κ3) is 3.97. The van der Waals surface area contributed by atoms with Crippen LogP contribution in [0.1, 0.15) is 17.8 Å². The van der Waals surface area contributed by atoms with E-state index < -0.39 is 0 Å². The van der Waals surface area contributed by atoms with Gasteiger partial charge in [0.05, 0.1) is 27.3 Å². The van der Waals surface area contributed by atoms with Crippen LogP contribution in [0.2, 0.25) is 10.0 Å². The van der Waals surface area contributed by atoms with Crippen molar-refractivity contribution in [2.75, 3.05) is 0 Å². The Labute approximate surface area is 182 Å². The molecule has 8 heteroatoms. The Hall–Kier alpha value is -3.09. The van der Waals surface area contributed by atoms with E-state index in [2.05, 4.69) is 15.5 Å². The maximum Gasteiger partial charge on any atom is 0.241 e. The molecule has 2 N–H and O–H groups in total. The second kappa shape index (κ2) is 8.34. The predicted octanol–water partition coefficient (Wildman–Crippen LogP) is 5.05. The van der Waals surface area contributed by atoms with Gasteiger partial charge in [-0.2, -0.15) is 5.10 Å². The molecule has 0 radical (unpaired) electrons. The van der Waals surface area contributed by atoms with Gasteiger partial charge in [0.1, 0.15) is 11.6 Å². The highest BCUT2D eigenvalue weighted by molar-refractivity contribution is 6.42. The van der Waals surface area contributed by atoms with E-state index in [0.29, 0.717) is 22.2 Å². The van der Waals surface area contributed by atoms with Crippen molar-refractivity contribution in [3.63, 3.8) is 0 Å². The molecular weight excluding hydrogens is 423 g/mol. The van der Waals surface area contributed by atoms with E-state index in [4.69, 9.17) is 23.2 Å². The van der Waals surface area contributed by atoms with E-state index in [9.17, 15) is 9.90 Å². The molecule has 6 nitrogen and oxygen atoms in total. The quantitative estimate of drug-likeness (QED) is 0.336. The van der Waals surface area contributed by atoms with Crippen LogP contribution >= 0.6 is 23.2 Å². The molecule has 0 aliphatic carbocycles. The first kappa shape index (κ1) is 20.2. The molecular formula is C22H18Cl2N4O2. The van der Waals surface area contributed by atoms with Gasteiger partial charge in [-0.3, -0.25) is 4.79 Å². The number of carbonyl (C=O) groups excluding carboxylic acids is 1. The van der Waals surface area contributed by atoms with Gasteiger partial charge in [-0.25, -0.2) is 10.4 Å². The minimum atomic E-state index is -0.257. The number of hydrazone groups is 1. The number of phenolic OH excluding ortho intramolecular Hbond substituents is 1. The summed E-state index contributed by atoms with van der Waals surface area (Å²) in [4.78, 5) is 16.7. The molecule has 1 amide bonds. The maximum absolute atomic E-state index is 12.3. The van der Waals surface area contributed by atoms with Crippen molar-refractivity contribution >= 4 is 57.1 Å². The molecule has 0 saturated carbocycles. The summed E-state index contributed by atoms with van der Waals surface area (Å²) in [6, 6.07) is 14.5. The number of imidazole rings is 1. The second-order valence-corrected chi connectivity index (χ2v) is 7.64. The Bertz CT molecular complexity index is 1300. The number of rotatable bonds is 5. The molecule has 0 atom stereocenters. The van der Waals surface area contributed by atoms with Crippen LogP contribution in [-0.2, 0) is 11.3 Å². The average molecular weight is 441 g/mol. The highest BCUT2D eigenvalue weighted by atomic mass is 35.5. The van der Waals surface area contributed by atoms with Crippen LogP contribution in [0.5, 0.6) is 5.75 Å². The highest BCUT2D eigenvalue weighted by Gasteiger charge is 2.12. The zero-order chi connectivity index (χ0) is 21.3. The normalized spacial score (nSPS) is 11.6. The third-order valence-corrected chi connectivity index (χ3v) is 5.60. The lowest BCUT2D eigenvalue weighted by molar-refractivity contribution is -0.121. The van der Waals surface area contributed by atoms with E-state index in [-0.39, 0.29) is 18.1 Å². The molecule has 0 fully saturated rings. The van der Waals surface area contributed by atoms with Crippen LogP contribution in [0.25, 0.3) is 21.8 Å². The van der Waals surface area contributed by atoms with Gasteiger partial charge in [0.2, 0.25) is 5.91 Å². The summed E-state index contributed by atoms with van der Waals surface area (Å²) in [7, 11) is 0. The molecule has 152 valence electrons. The molecule has 0 aliphatic heterocycles. The lowest BCUT2D eigenvalue weighted by Gasteiger charge is -2.07. The van der Waals surface area contributed by atoms with Crippen molar-refractivity contribution in [1.29, 1.82) is 0 Å². The van der Waals surface area contributed by atoms with Crippen LogP contribution in [0.3, 0.4) is 0 Å². The SMILES string of the molecule is Cc1nc2cc(Cl)c(Cl)cc2n1CCC(=O)N/N=C/c1c(O)ccc2ccccc12. The molecule has 1 heterocycles. The molecule has 0 aliphatic rings. The number of hydrogen-bond donors (Lipinski definition) is 2. The van der Waals surface area contributed by atoms with Crippen molar-refractivity contribution in [1.82, 2.24) is 15.0 Å².